The number of rotatable bonds is 4. The lowest BCUT2D eigenvalue weighted by Gasteiger charge is -2.27. The van der Waals surface area contributed by atoms with E-state index in [-0.39, 0.29) is 30.3 Å². The first-order valence-electron chi connectivity index (χ1n) is 8.77. The van der Waals surface area contributed by atoms with E-state index in [1.807, 2.05) is 0 Å². The van der Waals surface area contributed by atoms with Crippen molar-refractivity contribution in [1.82, 2.24) is 10.2 Å². The number of nitrogens with two attached hydrogens (primary N) is 1. The van der Waals surface area contributed by atoms with Crippen molar-refractivity contribution >= 4 is 47.4 Å². The van der Waals surface area contributed by atoms with Crippen LogP contribution in [-0.4, -0.2) is 41.9 Å². The summed E-state index contributed by atoms with van der Waals surface area (Å²) >= 11 is 11.9. The van der Waals surface area contributed by atoms with Crippen LogP contribution in [0.4, 0.5) is 0 Å². The summed E-state index contributed by atoms with van der Waals surface area (Å²) in [4.78, 5) is 27.2. The zero-order valence-electron chi connectivity index (χ0n) is 14.4. The predicted molar refractivity (Wildman–Crippen MR) is 106 cm³/mol. The average Bonchev–Trinajstić information content (AvgIpc) is 3.25. The molecular formula is C18H24Cl3N3O2. The maximum absolute atomic E-state index is 12.8. The number of nitrogens with zero attached hydrogens (tertiary/aromatic N) is 1. The zero-order chi connectivity index (χ0) is 18.0. The number of halogens is 3. The summed E-state index contributed by atoms with van der Waals surface area (Å²) in [6, 6.07) is 4.50. The van der Waals surface area contributed by atoms with Gasteiger partial charge in [0.15, 0.2) is 0 Å². The normalized spacial score (nSPS) is 25.0. The molecular weight excluding hydrogens is 397 g/mol. The summed E-state index contributed by atoms with van der Waals surface area (Å²) in [5, 5.41) is 3.86. The second-order valence-corrected chi connectivity index (χ2v) is 7.64. The number of nitrogens with one attached hydrogen (secondary N) is 1. The van der Waals surface area contributed by atoms with Crippen LogP contribution in [0.3, 0.4) is 0 Å². The molecule has 144 valence electrons. The first-order valence-corrected chi connectivity index (χ1v) is 9.53. The van der Waals surface area contributed by atoms with Crippen molar-refractivity contribution in [2.75, 3.05) is 13.1 Å². The van der Waals surface area contributed by atoms with E-state index in [4.69, 9.17) is 28.9 Å². The largest absolute Gasteiger partial charge is 0.351 e. The van der Waals surface area contributed by atoms with Gasteiger partial charge < -0.3 is 16.0 Å². The molecule has 0 bridgehead atoms. The number of carbonyl (C=O) groups excluding carboxylic acids is 2. The van der Waals surface area contributed by atoms with Gasteiger partial charge in [0.25, 0.3) is 5.91 Å². The van der Waals surface area contributed by atoms with Crippen LogP contribution in [0.2, 0.25) is 10.0 Å². The molecule has 26 heavy (non-hydrogen) atoms. The molecule has 1 aromatic carbocycles. The van der Waals surface area contributed by atoms with Crippen molar-refractivity contribution in [3.63, 3.8) is 0 Å². The molecule has 3 rings (SSSR count). The monoisotopic (exact) mass is 419 g/mol. The molecule has 1 saturated heterocycles. The lowest BCUT2D eigenvalue weighted by molar-refractivity contribution is -0.125. The van der Waals surface area contributed by atoms with Crippen LogP contribution in [-0.2, 0) is 4.79 Å². The Morgan fingerprint density at radius 1 is 1.15 bits per heavy atom. The second-order valence-electron chi connectivity index (χ2n) is 6.83. The topological polar surface area (TPSA) is 75.4 Å². The van der Waals surface area contributed by atoms with Crippen LogP contribution in [0.5, 0.6) is 0 Å². The standard InChI is InChI=1S/C18H23Cl2N3O2.ClH/c19-13-7-6-11(9-14(13)20)18(25)23-8-2-5-16(23)17(24)22-15-4-1-3-12(15)10-21;/h6-7,9,12,15-16H,1-5,8,10,21H2,(H,22,24);1H. The van der Waals surface area contributed by atoms with Gasteiger partial charge in [0.05, 0.1) is 10.0 Å². The molecule has 2 aliphatic rings. The minimum atomic E-state index is -0.430. The van der Waals surface area contributed by atoms with Gasteiger partial charge in [0.1, 0.15) is 6.04 Å². The van der Waals surface area contributed by atoms with Crippen molar-refractivity contribution in [2.45, 2.75) is 44.2 Å². The van der Waals surface area contributed by atoms with E-state index < -0.39 is 6.04 Å². The van der Waals surface area contributed by atoms with E-state index in [2.05, 4.69) is 5.32 Å². The molecule has 1 saturated carbocycles. The smallest absolute Gasteiger partial charge is 0.254 e. The molecule has 3 N–H and O–H groups in total. The molecule has 1 aliphatic heterocycles. The lowest BCUT2D eigenvalue weighted by Crippen LogP contribution is -2.50. The summed E-state index contributed by atoms with van der Waals surface area (Å²) in [6.45, 7) is 1.16. The average molecular weight is 421 g/mol. The number of amides is 2. The Labute approximate surface area is 170 Å². The van der Waals surface area contributed by atoms with Crippen molar-refractivity contribution in [2.24, 2.45) is 11.7 Å². The first-order chi connectivity index (χ1) is 12.0. The molecule has 2 amide bonds. The van der Waals surface area contributed by atoms with Gasteiger partial charge in [-0.05, 0) is 56.3 Å². The third-order valence-electron chi connectivity index (χ3n) is 5.27. The number of likely N-dealkylation sites (tertiary alicyclic amines) is 1. The van der Waals surface area contributed by atoms with E-state index in [9.17, 15) is 9.59 Å². The quantitative estimate of drug-likeness (QED) is 0.785. The third-order valence-corrected chi connectivity index (χ3v) is 6.01. The second kappa shape index (κ2) is 9.27. The van der Waals surface area contributed by atoms with Gasteiger partial charge in [-0.1, -0.05) is 29.6 Å². The number of carbonyl (C=O) groups is 2. The summed E-state index contributed by atoms with van der Waals surface area (Å²) in [5.41, 5.74) is 6.25. The van der Waals surface area contributed by atoms with Crippen molar-refractivity contribution in [3.05, 3.63) is 33.8 Å². The van der Waals surface area contributed by atoms with Crippen LogP contribution in [0.15, 0.2) is 18.2 Å². The highest BCUT2D eigenvalue weighted by Gasteiger charge is 2.37. The fraction of sp³-hybridized carbons (Fsp3) is 0.556. The Morgan fingerprint density at radius 3 is 2.62 bits per heavy atom. The number of hydrogen-bond donors (Lipinski definition) is 2. The highest BCUT2D eigenvalue weighted by atomic mass is 35.5. The summed E-state index contributed by atoms with van der Waals surface area (Å²) in [5.74, 6) is 0.0823. The van der Waals surface area contributed by atoms with Crippen LogP contribution in [0.1, 0.15) is 42.5 Å². The maximum atomic E-state index is 12.8. The van der Waals surface area contributed by atoms with Crippen LogP contribution in [0.25, 0.3) is 0 Å². The SMILES string of the molecule is Cl.NCC1CCCC1NC(=O)C1CCCN1C(=O)c1ccc(Cl)c(Cl)c1. The molecule has 3 atom stereocenters. The maximum Gasteiger partial charge on any atom is 0.254 e. The van der Waals surface area contributed by atoms with E-state index >= 15 is 0 Å². The van der Waals surface area contributed by atoms with Crippen LogP contribution < -0.4 is 11.1 Å². The van der Waals surface area contributed by atoms with Crippen molar-refractivity contribution in [3.8, 4) is 0 Å². The Hall–Kier alpha value is -1.01. The number of benzene rings is 1. The van der Waals surface area contributed by atoms with E-state index in [1.54, 1.807) is 23.1 Å². The molecule has 5 nitrogen and oxygen atoms in total. The third kappa shape index (κ3) is 4.45. The van der Waals surface area contributed by atoms with Gasteiger partial charge in [-0.25, -0.2) is 0 Å². The Bertz CT molecular complexity index is 671. The van der Waals surface area contributed by atoms with Gasteiger partial charge in [-0.2, -0.15) is 0 Å². The van der Waals surface area contributed by atoms with Crippen molar-refractivity contribution < 1.29 is 9.59 Å². The molecule has 1 aliphatic carbocycles. The first kappa shape index (κ1) is 21.3. The Balaban J connectivity index is 0.00000243. The number of hydrogen-bond acceptors (Lipinski definition) is 3. The molecule has 3 unspecified atom stereocenters. The molecule has 1 aromatic rings. The van der Waals surface area contributed by atoms with Gasteiger partial charge in [0.2, 0.25) is 5.91 Å². The van der Waals surface area contributed by atoms with Gasteiger partial charge in [0, 0.05) is 18.2 Å². The molecule has 0 aromatic heterocycles. The van der Waals surface area contributed by atoms with Gasteiger partial charge in [-0.3, -0.25) is 9.59 Å². The van der Waals surface area contributed by atoms with Gasteiger partial charge >= 0.3 is 0 Å². The lowest BCUT2D eigenvalue weighted by atomic mass is 10.0. The Morgan fingerprint density at radius 2 is 1.92 bits per heavy atom. The Kier molecular flexibility index (Phi) is 7.59. The molecule has 8 heteroatoms. The molecule has 2 fully saturated rings. The van der Waals surface area contributed by atoms with E-state index in [1.165, 1.54) is 0 Å². The summed E-state index contributed by atoms with van der Waals surface area (Å²) in [6.07, 6.45) is 4.59. The highest BCUT2D eigenvalue weighted by Crippen LogP contribution is 2.28. The summed E-state index contributed by atoms with van der Waals surface area (Å²) < 4.78 is 0. The fourth-order valence-corrected chi connectivity index (χ4v) is 4.16. The molecule has 0 spiro atoms. The molecule has 1 heterocycles. The van der Waals surface area contributed by atoms with E-state index in [0.29, 0.717) is 41.0 Å². The molecule has 0 radical (unpaired) electrons. The van der Waals surface area contributed by atoms with Crippen LogP contribution in [0, 0.1) is 5.92 Å². The minimum absolute atomic E-state index is 0. The predicted octanol–water partition coefficient (Wildman–Crippen LogP) is 3.26. The van der Waals surface area contributed by atoms with E-state index in [0.717, 1.165) is 25.7 Å². The fourth-order valence-electron chi connectivity index (χ4n) is 3.87. The zero-order valence-corrected chi connectivity index (χ0v) is 16.7. The van der Waals surface area contributed by atoms with Crippen molar-refractivity contribution in [1.29, 1.82) is 0 Å². The highest BCUT2D eigenvalue weighted by molar-refractivity contribution is 6.42. The van der Waals surface area contributed by atoms with Gasteiger partial charge in [-0.15, -0.1) is 12.4 Å². The minimum Gasteiger partial charge on any atom is -0.351 e. The summed E-state index contributed by atoms with van der Waals surface area (Å²) in [7, 11) is 0. The van der Waals surface area contributed by atoms with Crippen LogP contribution >= 0.6 is 35.6 Å².